The molecule has 0 atom stereocenters. The summed E-state index contributed by atoms with van der Waals surface area (Å²) in [6.45, 7) is 5.62. The van der Waals surface area contributed by atoms with Crippen LogP contribution >= 0.6 is 0 Å². The average Bonchev–Trinajstić information content (AvgIpc) is 2.63. The van der Waals surface area contributed by atoms with Gasteiger partial charge in [0.1, 0.15) is 0 Å². The second kappa shape index (κ2) is 10.7. The lowest BCUT2D eigenvalue weighted by atomic mass is 10.1. The van der Waals surface area contributed by atoms with Crippen LogP contribution in [0.3, 0.4) is 0 Å². The van der Waals surface area contributed by atoms with Crippen LogP contribution in [-0.4, -0.2) is 46.2 Å². The summed E-state index contributed by atoms with van der Waals surface area (Å²) >= 11 is 0. The van der Waals surface area contributed by atoms with Gasteiger partial charge in [0.15, 0.2) is 23.3 Å². The van der Waals surface area contributed by atoms with Gasteiger partial charge in [0.2, 0.25) is 0 Å². The molecule has 5 nitrogen and oxygen atoms in total. The maximum Gasteiger partial charge on any atom is 0.500 e. The average molecular weight is 415 g/mol. The predicted molar refractivity (Wildman–Crippen MR) is 88.5 cm³/mol. The Hall–Kier alpha value is -1.56. The van der Waals surface area contributed by atoms with Crippen molar-refractivity contribution < 1.29 is 40.1 Å². The number of carbonyl (C=O) groups excluding carboxylic acids is 1. The van der Waals surface area contributed by atoms with E-state index < -0.39 is 55.2 Å². The molecule has 27 heavy (non-hydrogen) atoms. The molecule has 0 heterocycles. The van der Waals surface area contributed by atoms with Gasteiger partial charge in [-0.05, 0) is 33.3 Å². The summed E-state index contributed by atoms with van der Waals surface area (Å²) in [6.07, 6.45) is 0.0300. The van der Waals surface area contributed by atoms with Crippen LogP contribution in [0.2, 0.25) is 6.04 Å². The smallest absolute Gasteiger partial charge is 0.374 e. The van der Waals surface area contributed by atoms with E-state index in [1.807, 2.05) is 0 Å². The van der Waals surface area contributed by atoms with Gasteiger partial charge in [-0.2, -0.15) is 5.12 Å². The Morgan fingerprint density at radius 1 is 0.963 bits per heavy atom. The molecule has 0 fully saturated rings. The van der Waals surface area contributed by atoms with Crippen LogP contribution in [0, 0.1) is 23.3 Å². The molecule has 154 valence electrons. The van der Waals surface area contributed by atoms with Crippen molar-refractivity contribution in [1.82, 2.24) is 5.12 Å². The van der Waals surface area contributed by atoms with Crippen LogP contribution in [0.4, 0.5) is 22.0 Å². The second-order valence-electron chi connectivity index (χ2n) is 5.32. The molecule has 0 aliphatic heterocycles. The minimum Gasteiger partial charge on any atom is -0.374 e. The molecule has 0 bridgehead atoms. The highest BCUT2D eigenvalue weighted by Crippen LogP contribution is 2.22. The number of nitrogens with zero attached hydrogens (tertiary/aromatic N) is 1. The van der Waals surface area contributed by atoms with E-state index in [1.54, 1.807) is 20.8 Å². The van der Waals surface area contributed by atoms with Crippen molar-refractivity contribution in [1.29, 1.82) is 0 Å². The van der Waals surface area contributed by atoms with Gasteiger partial charge in [-0.1, -0.05) is 4.48 Å². The van der Waals surface area contributed by atoms with Gasteiger partial charge in [0, 0.05) is 25.9 Å². The maximum atomic E-state index is 14.0. The summed E-state index contributed by atoms with van der Waals surface area (Å²) in [6, 6.07) is 0.285. The van der Waals surface area contributed by atoms with Crippen LogP contribution < -0.4 is 0 Å². The van der Waals surface area contributed by atoms with Crippen molar-refractivity contribution in [3.63, 3.8) is 0 Å². The summed E-state index contributed by atoms with van der Waals surface area (Å²) in [4.78, 5) is 11.9. The molecule has 11 heteroatoms. The van der Waals surface area contributed by atoms with E-state index in [4.69, 9.17) is 13.3 Å². The van der Waals surface area contributed by atoms with Gasteiger partial charge >= 0.3 is 8.80 Å². The molecule has 0 N–H and O–H groups in total. The zero-order chi connectivity index (χ0) is 20.6. The molecule has 0 aliphatic carbocycles. The Morgan fingerprint density at radius 3 is 1.96 bits per heavy atom. The first kappa shape index (κ1) is 23.5. The number of hydrogen-bond donors (Lipinski definition) is 0. The van der Waals surface area contributed by atoms with Gasteiger partial charge in [-0.25, -0.2) is 17.6 Å². The van der Waals surface area contributed by atoms with Crippen molar-refractivity contribution in [3.8, 4) is 0 Å². The normalized spacial score (nSPS) is 11.7. The van der Waals surface area contributed by atoms with Crippen molar-refractivity contribution in [2.75, 3.05) is 26.4 Å². The van der Waals surface area contributed by atoms with Crippen molar-refractivity contribution in [2.24, 2.45) is 0 Å². The van der Waals surface area contributed by atoms with E-state index in [9.17, 15) is 26.8 Å². The number of benzene rings is 1. The van der Waals surface area contributed by atoms with Crippen LogP contribution in [0.1, 0.15) is 37.6 Å². The molecule has 0 saturated carbocycles. The minimum absolute atomic E-state index is 0.0300. The van der Waals surface area contributed by atoms with E-state index in [0.717, 1.165) is 0 Å². The Balaban J connectivity index is 2.81. The highest BCUT2D eigenvalue weighted by Gasteiger charge is 2.40. The lowest BCUT2D eigenvalue weighted by Crippen LogP contribution is -2.46. The van der Waals surface area contributed by atoms with E-state index >= 15 is 0 Å². The molecule has 1 rings (SSSR count). The Kier molecular flexibility index (Phi) is 9.29. The Morgan fingerprint density at radius 2 is 1.48 bits per heavy atom. The second-order valence-corrected chi connectivity index (χ2v) is 8.06. The first-order chi connectivity index (χ1) is 12.7. The molecule has 1 amide bonds. The minimum atomic E-state index is -3.06. The summed E-state index contributed by atoms with van der Waals surface area (Å²) in [5.74, 6) is -9.62. The van der Waals surface area contributed by atoms with Gasteiger partial charge in [0.05, 0.1) is 12.1 Å². The third kappa shape index (κ3) is 5.96. The Labute approximate surface area is 155 Å². The fourth-order valence-corrected chi connectivity index (χ4v) is 4.99. The topological polar surface area (TPSA) is 48.0 Å². The molecule has 1 aromatic carbocycles. The zero-order valence-corrected chi connectivity index (χ0v) is 16.3. The highest BCUT2D eigenvalue weighted by atomic mass is 28.4. The number of rotatable bonds is 11. The van der Waals surface area contributed by atoms with Gasteiger partial charge in [0.25, 0.3) is 5.91 Å². The quantitative estimate of drug-likeness (QED) is 0.180. The fourth-order valence-electron chi connectivity index (χ4n) is 2.40. The monoisotopic (exact) mass is 415 g/mol. The standard InChI is InChI=1S/C16H22F5NO4Si/c1-4-24-27(25-5-2,26-6-3)9-7-8-22(21)16(23)11-10-12(17)14(19)15(20)13(11)18/h10H,4-9H2,1-3H3. The first-order valence-corrected chi connectivity index (χ1v) is 10.4. The lowest BCUT2D eigenvalue weighted by molar-refractivity contribution is 0.0171. The first-order valence-electron chi connectivity index (χ1n) is 8.45. The summed E-state index contributed by atoms with van der Waals surface area (Å²) in [7, 11) is -3.06. The molecule has 0 spiro atoms. The molecule has 0 radical (unpaired) electrons. The fraction of sp³-hybridized carbons (Fsp3) is 0.562. The van der Waals surface area contributed by atoms with Gasteiger partial charge in [-0.3, -0.25) is 4.79 Å². The lowest BCUT2D eigenvalue weighted by Gasteiger charge is -2.28. The molecule has 1 aromatic rings. The van der Waals surface area contributed by atoms with E-state index in [1.165, 1.54) is 0 Å². The molecular formula is C16H22F5NO4Si. The van der Waals surface area contributed by atoms with Crippen molar-refractivity contribution in [3.05, 3.63) is 34.9 Å². The van der Waals surface area contributed by atoms with Crippen LogP contribution in [0.25, 0.3) is 0 Å². The SMILES string of the molecule is CCO[Si](CCCN(F)C(=O)c1cc(F)c(F)c(F)c1F)(OCC)OCC. The summed E-state index contributed by atoms with van der Waals surface area (Å²) in [5, 5.41) is -0.405. The molecule has 0 unspecified atom stereocenters. The van der Waals surface area contributed by atoms with Crippen LogP contribution in [0.5, 0.6) is 0 Å². The van der Waals surface area contributed by atoms with Crippen LogP contribution in [-0.2, 0) is 13.3 Å². The van der Waals surface area contributed by atoms with Gasteiger partial charge < -0.3 is 13.3 Å². The number of carbonyl (C=O) groups is 1. The van der Waals surface area contributed by atoms with E-state index in [2.05, 4.69) is 0 Å². The maximum absolute atomic E-state index is 14.0. The molecule has 0 aromatic heterocycles. The van der Waals surface area contributed by atoms with E-state index in [-0.39, 0.29) is 18.5 Å². The number of hydrogen-bond acceptors (Lipinski definition) is 4. The van der Waals surface area contributed by atoms with Gasteiger partial charge in [-0.15, -0.1) is 0 Å². The predicted octanol–water partition coefficient (Wildman–Crippen LogP) is 4.01. The van der Waals surface area contributed by atoms with Crippen molar-refractivity contribution >= 4 is 14.7 Å². The molecule has 0 saturated heterocycles. The summed E-state index contributed by atoms with van der Waals surface area (Å²) < 4.78 is 83.7. The Bertz CT molecular complexity index is 633. The largest absolute Gasteiger partial charge is 0.500 e. The van der Waals surface area contributed by atoms with Crippen LogP contribution in [0.15, 0.2) is 6.07 Å². The third-order valence-electron chi connectivity index (χ3n) is 3.48. The zero-order valence-electron chi connectivity index (χ0n) is 15.3. The number of amides is 1. The highest BCUT2D eigenvalue weighted by molar-refractivity contribution is 6.60. The molecular weight excluding hydrogens is 393 g/mol. The summed E-state index contributed by atoms with van der Waals surface area (Å²) in [5.41, 5.74) is -1.24. The third-order valence-corrected chi connectivity index (χ3v) is 6.63. The van der Waals surface area contributed by atoms with Crippen molar-refractivity contribution in [2.45, 2.75) is 33.2 Å². The number of halogens is 5. The van der Waals surface area contributed by atoms with E-state index in [0.29, 0.717) is 19.8 Å². The molecule has 0 aliphatic rings.